The summed E-state index contributed by atoms with van der Waals surface area (Å²) in [5.74, 6) is -1.70. The third-order valence-corrected chi connectivity index (χ3v) is 8.04. The molecule has 0 atom stereocenters. The first-order valence-corrected chi connectivity index (χ1v) is 17.3. The van der Waals surface area contributed by atoms with Crippen LogP contribution in [0.4, 0.5) is 8.78 Å². The number of hydrogen-bond donors (Lipinski definition) is 3. The molecule has 0 bridgehead atoms. The van der Waals surface area contributed by atoms with Crippen LogP contribution in [-0.4, -0.2) is 95.5 Å². The zero-order valence-electron chi connectivity index (χ0n) is 26.2. The lowest BCUT2D eigenvalue weighted by Crippen LogP contribution is -2.18. The van der Waals surface area contributed by atoms with Gasteiger partial charge in [0.25, 0.3) is 5.56 Å². The van der Waals surface area contributed by atoms with Crippen molar-refractivity contribution >= 4 is 42.8 Å². The second-order valence-corrected chi connectivity index (χ2v) is 14.0. The van der Waals surface area contributed by atoms with Crippen LogP contribution in [0.3, 0.4) is 0 Å². The number of carbonyl (C=O) groups is 1. The third-order valence-electron chi connectivity index (χ3n) is 5.88. The molecule has 48 heavy (non-hydrogen) atoms. The van der Waals surface area contributed by atoms with Gasteiger partial charge in [0.1, 0.15) is 45.0 Å². The summed E-state index contributed by atoms with van der Waals surface area (Å²) in [4.78, 5) is 38.0. The monoisotopic (exact) mass is 707 g/mol. The van der Waals surface area contributed by atoms with Crippen LogP contribution in [0.25, 0.3) is 22.8 Å². The van der Waals surface area contributed by atoms with E-state index in [-0.39, 0.29) is 29.0 Å². The van der Waals surface area contributed by atoms with E-state index in [2.05, 4.69) is 24.7 Å². The van der Waals surface area contributed by atoms with Gasteiger partial charge in [-0.25, -0.2) is 45.4 Å². The van der Waals surface area contributed by atoms with Gasteiger partial charge in [-0.05, 0) is 31.2 Å². The zero-order valence-corrected chi connectivity index (χ0v) is 27.8. The standard InChI is InChI=1S/C12H9FN4O3S.C8H7FN4.C8H15NO4S/c1-21(19,20)9-5-15-11(16-12(9)18)8-4-14-10-3-2-7(13)6-17(8)10;9-5-1-2-7-12-3-6(8(10)11)13(7)4-5;1-5-13-8(10)7(6-9(2)3)14(4,11)12/h2-6H,1H3,(H,15,16,18);1-4H,(H3,10,11);6H,5H2,1-4H3/b;;7-6+. The first-order valence-electron chi connectivity index (χ1n) is 13.5. The summed E-state index contributed by atoms with van der Waals surface area (Å²) in [5.41, 5.74) is 6.29. The molecule has 5 rings (SSSR count). The predicted molar refractivity (Wildman–Crippen MR) is 172 cm³/mol. The van der Waals surface area contributed by atoms with Gasteiger partial charge in [-0.1, -0.05) is 0 Å². The predicted octanol–water partition coefficient (Wildman–Crippen LogP) is 1.38. The van der Waals surface area contributed by atoms with Gasteiger partial charge in [0.2, 0.25) is 0 Å². The highest BCUT2D eigenvalue weighted by atomic mass is 32.2. The molecule has 5 aromatic rings. The number of imidazole rings is 2. The third kappa shape index (κ3) is 9.28. The van der Waals surface area contributed by atoms with Crippen LogP contribution in [-0.2, 0) is 29.2 Å². The first kappa shape index (κ1) is 37.0. The molecule has 5 heterocycles. The normalized spacial score (nSPS) is 11.7. The minimum atomic E-state index is -3.66. The number of amidine groups is 1. The summed E-state index contributed by atoms with van der Waals surface area (Å²) in [6.45, 7) is 1.77. The van der Waals surface area contributed by atoms with Crippen molar-refractivity contribution in [2.24, 2.45) is 5.73 Å². The molecule has 20 heteroatoms. The molecular formula is C28H31F2N9O7S2. The van der Waals surface area contributed by atoms with Crippen molar-refractivity contribution in [3.05, 3.63) is 94.0 Å². The van der Waals surface area contributed by atoms with Gasteiger partial charge in [0.05, 0.1) is 25.2 Å². The minimum Gasteiger partial charge on any atom is -0.462 e. The first-order chi connectivity index (χ1) is 22.3. The number of carbonyl (C=O) groups excluding carboxylic acids is 1. The number of aromatic nitrogens is 6. The van der Waals surface area contributed by atoms with E-state index in [1.807, 2.05) is 0 Å². The van der Waals surface area contributed by atoms with Gasteiger partial charge in [-0.15, -0.1) is 0 Å². The SMILES string of the molecule is CCOC(=O)/C(=C\N(C)C)S(C)(=O)=O.CS(=O)(=O)c1cnc(-c2cnc3ccc(F)cn23)[nH]c1=O.N=C(N)c1cnc2ccc(F)cn12. The van der Waals surface area contributed by atoms with Gasteiger partial charge >= 0.3 is 5.97 Å². The lowest BCUT2D eigenvalue weighted by Gasteiger charge is -2.09. The Bertz CT molecular complexity index is 2300. The van der Waals surface area contributed by atoms with Crippen LogP contribution < -0.4 is 11.3 Å². The van der Waals surface area contributed by atoms with E-state index in [1.165, 1.54) is 69.0 Å². The largest absolute Gasteiger partial charge is 0.462 e. The van der Waals surface area contributed by atoms with Crippen molar-refractivity contribution in [1.82, 2.24) is 33.6 Å². The molecule has 0 spiro atoms. The van der Waals surface area contributed by atoms with E-state index >= 15 is 0 Å². The molecule has 16 nitrogen and oxygen atoms in total. The van der Waals surface area contributed by atoms with Crippen molar-refractivity contribution in [2.45, 2.75) is 11.8 Å². The second-order valence-electron chi connectivity index (χ2n) is 10.00. The van der Waals surface area contributed by atoms with Crippen molar-refractivity contribution in [3.8, 4) is 11.5 Å². The Morgan fingerprint density at radius 1 is 0.979 bits per heavy atom. The molecule has 0 aromatic carbocycles. The van der Waals surface area contributed by atoms with Crippen LogP contribution in [0.15, 0.2) is 76.0 Å². The number of nitrogens with one attached hydrogen (secondary N) is 2. The van der Waals surface area contributed by atoms with Crippen LogP contribution in [0.1, 0.15) is 12.6 Å². The van der Waals surface area contributed by atoms with Gasteiger partial charge in [0, 0.05) is 45.2 Å². The summed E-state index contributed by atoms with van der Waals surface area (Å²) in [7, 11) is -3.93. The van der Waals surface area contributed by atoms with Crippen LogP contribution in [0.2, 0.25) is 0 Å². The van der Waals surface area contributed by atoms with Gasteiger partial charge in [-0.2, -0.15) is 0 Å². The Kier molecular flexibility index (Phi) is 11.5. The number of rotatable bonds is 7. The number of ether oxygens (including phenoxy) is 1. The molecule has 0 fully saturated rings. The number of nitrogen functional groups attached to an aromatic ring is 1. The molecule has 0 unspecified atom stereocenters. The molecule has 0 aliphatic carbocycles. The van der Waals surface area contributed by atoms with E-state index in [1.54, 1.807) is 21.0 Å². The van der Waals surface area contributed by atoms with Crippen molar-refractivity contribution < 1.29 is 35.1 Å². The maximum Gasteiger partial charge on any atom is 0.351 e. The van der Waals surface area contributed by atoms with Gasteiger partial charge in [0.15, 0.2) is 30.4 Å². The van der Waals surface area contributed by atoms with Crippen LogP contribution >= 0.6 is 0 Å². The van der Waals surface area contributed by atoms with E-state index in [0.717, 1.165) is 18.7 Å². The topological polar surface area (TPSA) is 228 Å². The van der Waals surface area contributed by atoms with Crippen molar-refractivity contribution in [1.29, 1.82) is 5.41 Å². The van der Waals surface area contributed by atoms with E-state index in [9.17, 15) is 35.2 Å². The lowest BCUT2D eigenvalue weighted by molar-refractivity contribution is -0.137. The van der Waals surface area contributed by atoms with Crippen molar-refractivity contribution in [2.75, 3.05) is 33.2 Å². The van der Waals surface area contributed by atoms with Gasteiger partial charge < -0.3 is 20.4 Å². The molecule has 0 radical (unpaired) electrons. The maximum absolute atomic E-state index is 13.3. The van der Waals surface area contributed by atoms with E-state index in [0.29, 0.717) is 22.7 Å². The van der Waals surface area contributed by atoms with E-state index in [4.69, 9.17) is 11.1 Å². The average molecular weight is 708 g/mol. The Hall–Kier alpha value is -5.50. The fourth-order valence-corrected chi connectivity index (χ4v) is 5.19. The number of hydrogen-bond acceptors (Lipinski definition) is 12. The zero-order chi connectivity index (χ0) is 36.0. The van der Waals surface area contributed by atoms with E-state index < -0.39 is 41.9 Å². The lowest BCUT2D eigenvalue weighted by atomic mass is 10.4. The molecule has 5 aromatic heterocycles. The second kappa shape index (κ2) is 14.9. The number of H-pyrrole nitrogens is 1. The van der Waals surface area contributed by atoms with Crippen LogP contribution in [0, 0.1) is 17.0 Å². The molecular weight excluding hydrogens is 676 g/mol. The summed E-state index contributed by atoms with van der Waals surface area (Å²) < 4.78 is 78.7. The average Bonchev–Trinajstić information content (AvgIpc) is 3.59. The highest BCUT2D eigenvalue weighted by molar-refractivity contribution is 7.95. The number of nitrogens with two attached hydrogens (primary N) is 1. The Labute approximate surface area is 272 Å². The fourth-order valence-electron chi connectivity index (χ4n) is 3.80. The molecule has 0 aliphatic rings. The molecule has 0 amide bonds. The molecule has 0 saturated heterocycles. The minimum absolute atomic E-state index is 0.102. The summed E-state index contributed by atoms with van der Waals surface area (Å²) >= 11 is 0. The van der Waals surface area contributed by atoms with Crippen molar-refractivity contribution in [3.63, 3.8) is 0 Å². The number of halogens is 2. The molecule has 256 valence electrons. The highest BCUT2D eigenvalue weighted by Gasteiger charge is 2.22. The smallest absolute Gasteiger partial charge is 0.351 e. The summed E-state index contributed by atoms with van der Waals surface area (Å²) in [5, 5.41) is 7.20. The molecule has 0 saturated carbocycles. The number of pyridine rings is 2. The Balaban J connectivity index is 0.000000204. The maximum atomic E-state index is 13.3. The molecule has 4 N–H and O–H groups in total. The summed E-state index contributed by atoms with van der Waals surface area (Å²) in [6, 6.07) is 5.57. The quantitative estimate of drug-likeness (QED) is 0.0944. The number of sulfone groups is 2. The fraction of sp³-hybridized carbons (Fsp3) is 0.214. The number of nitrogens with zero attached hydrogens (tertiary/aromatic N) is 6. The van der Waals surface area contributed by atoms with Crippen LogP contribution in [0.5, 0.6) is 0 Å². The number of fused-ring (bicyclic) bond motifs is 2. The summed E-state index contributed by atoms with van der Waals surface area (Å²) in [6.07, 6.45) is 9.39. The Morgan fingerprint density at radius 2 is 1.54 bits per heavy atom. The number of aromatic amines is 1. The highest BCUT2D eigenvalue weighted by Crippen LogP contribution is 2.17. The molecule has 0 aliphatic heterocycles. The Morgan fingerprint density at radius 3 is 2.04 bits per heavy atom. The van der Waals surface area contributed by atoms with Gasteiger partial charge in [-0.3, -0.25) is 19.0 Å². The number of esters is 1.